The lowest BCUT2D eigenvalue weighted by atomic mass is 9.85. The second kappa shape index (κ2) is 9.53. The summed E-state index contributed by atoms with van der Waals surface area (Å²) in [5.74, 6) is -5.57. The van der Waals surface area contributed by atoms with E-state index in [-0.39, 0.29) is 5.33 Å². The quantitative estimate of drug-likeness (QED) is 0.371. The van der Waals surface area contributed by atoms with Crippen LogP contribution in [0.25, 0.3) is 10.9 Å². The molecule has 30 heavy (non-hydrogen) atoms. The van der Waals surface area contributed by atoms with Crippen LogP contribution in [0, 0.1) is 18.8 Å². The number of nitrogens with zero attached hydrogens (tertiary/aromatic N) is 1. The molecule has 2 aromatic rings. The van der Waals surface area contributed by atoms with Gasteiger partial charge in [-0.2, -0.15) is 0 Å². The van der Waals surface area contributed by atoms with Gasteiger partial charge in [0.1, 0.15) is 11.6 Å². The van der Waals surface area contributed by atoms with E-state index in [0.717, 1.165) is 16.5 Å². The van der Waals surface area contributed by atoms with E-state index in [9.17, 15) is 24.3 Å². The molecule has 162 valence electrons. The first-order valence-corrected chi connectivity index (χ1v) is 10.6. The molecule has 0 aliphatic carbocycles. The van der Waals surface area contributed by atoms with Gasteiger partial charge in [-0.15, -0.1) is 0 Å². The summed E-state index contributed by atoms with van der Waals surface area (Å²) in [7, 11) is 1.75. The topological polar surface area (TPSA) is 131 Å². The number of aryl methyl sites for hydroxylation is 2. The molecular weight excluding hydrogens is 454 g/mol. The minimum Gasteiger partial charge on any atom is -0.481 e. The van der Waals surface area contributed by atoms with Gasteiger partial charge in [-0.05, 0) is 24.5 Å². The molecule has 2 unspecified atom stereocenters. The minimum atomic E-state index is -1.75. The maximum Gasteiger partial charge on any atom is 0.316 e. The Hall–Kier alpha value is -2.52. The average molecular weight is 480 g/mol. The first kappa shape index (κ1) is 23.8. The summed E-state index contributed by atoms with van der Waals surface area (Å²) < 4.78 is 1.73. The number of fused-ring (bicyclic) bond motifs is 1. The summed E-state index contributed by atoms with van der Waals surface area (Å²) in [6.07, 6.45) is 0. The Bertz CT molecular complexity index is 959. The predicted molar refractivity (Wildman–Crippen MR) is 117 cm³/mol. The number of aliphatic carboxylic acids is 1. The highest BCUT2D eigenvalue weighted by Gasteiger charge is 2.41. The molecule has 0 radical (unpaired) electrons. The smallest absolute Gasteiger partial charge is 0.316 e. The van der Waals surface area contributed by atoms with Gasteiger partial charge in [-0.25, -0.2) is 0 Å². The lowest BCUT2D eigenvalue weighted by molar-refractivity contribution is -0.150. The number of ketones is 2. The van der Waals surface area contributed by atoms with Gasteiger partial charge < -0.3 is 20.7 Å². The van der Waals surface area contributed by atoms with Gasteiger partial charge in [-0.3, -0.25) is 19.2 Å². The van der Waals surface area contributed by atoms with Crippen molar-refractivity contribution in [2.75, 3.05) is 5.33 Å². The molecule has 0 saturated heterocycles. The molecule has 4 N–H and O–H groups in total. The van der Waals surface area contributed by atoms with Crippen LogP contribution in [-0.2, 0) is 21.4 Å². The van der Waals surface area contributed by atoms with E-state index in [0.29, 0.717) is 5.69 Å². The largest absolute Gasteiger partial charge is 0.481 e. The Labute approximate surface area is 182 Å². The summed E-state index contributed by atoms with van der Waals surface area (Å²) in [4.78, 5) is 49.8. The molecule has 1 heterocycles. The Morgan fingerprint density at radius 3 is 2.30 bits per heavy atom. The van der Waals surface area contributed by atoms with E-state index in [2.05, 4.69) is 21.2 Å². The van der Waals surface area contributed by atoms with Gasteiger partial charge in [-0.1, -0.05) is 48.0 Å². The van der Waals surface area contributed by atoms with E-state index in [1.807, 2.05) is 31.2 Å². The van der Waals surface area contributed by atoms with Crippen molar-refractivity contribution in [1.29, 1.82) is 0 Å². The van der Waals surface area contributed by atoms with Gasteiger partial charge in [0.2, 0.25) is 0 Å². The summed E-state index contributed by atoms with van der Waals surface area (Å²) >= 11 is 2.95. The summed E-state index contributed by atoms with van der Waals surface area (Å²) in [5.41, 5.74) is 7.75. The normalized spacial score (nSPS) is 14.4. The number of benzene rings is 1. The number of hydrogen-bond acceptors (Lipinski definition) is 5. The van der Waals surface area contributed by atoms with Gasteiger partial charge in [0.05, 0.1) is 17.4 Å². The van der Waals surface area contributed by atoms with Crippen LogP contribution < -0.4 is 11.1 Å². The second-order valence-corrected chi connectivity index (χ2v) is 8.15. The van der Waals surface area contributed by atoms with Crippen LogP contribution in [0.1, 0.15) is 29.9 Å². The monoisotopic (exact) mass is 479 g/mol. The van der Waals surface area contributed by atoms with E-state index in [4.69, 9.17) is 5.73 Å². The van der Waals surface area contributed by atoms with E-state index < -0.39 is 47.4 Å². The number of rotatable bonds is 9. The number of carboxylic acids is 1. The van der Waals surface area contributed by atoms with Crippen LogP contribution in [-0.4, -0.2) is 50.5 Å². The lowest BCUT2D eigenvalue weighted by Crippen LogP contribution is -2.55. The van der Waals surface area contributed by atoms with Crippen LogP contribution in [0.5, 0.6) is 0 Å². The maximum absolute atomic E-state index is 13.1. The third-order valence-corrected chi connectivity index (χ3v) is 5.82. The third kappa shape index (κ3) is 4.46. The average Bonchev–Trinajstić information content (AvgIpc) is 2.95. The fourth-order valence-electron chi connectivity index (χ4n) is 3.60. The first-order chi connectivity index (χ1) is 14.0. The van der Waals surface area contributed by atoms with Gasteiger partial charge in [0.15, 0.2) is 11.6 Å². The molecule has 2 rings (SSSR count). The molecule has 0 spiro atoms. The molecule has 0 bridgehead atoms. The predicted octanol–water partition coefficient (Wildman–Crippen LogP) is 1.80. The lowest BCUT2D eigenvalue weighted by Gasteiger charge is -2.26. The molecule has 0 aliphatic heterocycles. The number of Topliss-reactive ketones (excluding diaryl/α,β-unsaturated/α-hetero) is 2. The van der Waals surface area contributed by atoms with E-state index in [1.54, 1.807) is 25.5 Å². The highest BCUT2D eigenvalue weighted by atomic mass is 79.9. The number of halogens is 1. The van der Waals surface area contributed by atoms with E-state index >= 15 is 0 Å². The molecule has 3 atom stereocenters. The van der Waals surface area contributed by atoms with Crippen molar-refractivity contribution >= 4 is 50.3 Å². The third-order valence-electron chi connectivity index (χ3n) is 5.27. The van der Waals surface area contributed by atoms with Gasteiger partial charge in [0, 0.05) is 18.0 Å². The van der Waals surface area contributed by atoms with Crippen LogP contribution in [0.3, 0.4) is 0 Å². The minimum absolute atomic E-state index is 0.168. The summed E-state index contributed by atoms with van der Waals surface area (Å²) in [5, 5.41) is 13.0. The van der Waals surface area contributed by atoms with Crippen molar-refractivity contribution < 1.29 is 24.3 Å². The Morgan fingerprint density at radius 1 is 1.20 bits per heavy atom. The number of nitrogens with one attached hydrogen (secondary N) is 1. The number of hydrogen-bond donors (Lipinski definition) is 3. The first-order valence-electron chi connectivity index (χ1n) is 9.48. The highest BCUT2D eigenvalue weighted by Crippen LogP contribution is 2.25. The number of para-hydroxylation sites is 1. The van der Waals surface area contributed by atoms with Crippen molar-refractivity contribution in [2.45, 2.75) is 32.9 Å². The molecule has 1 aromatic heterocycles. The summed E-state index contributed by atoms with van der Waals surface area (Å²) in [6.45, 7) is 5.19. The number of aromatic nitrogens is 1. The molecule has 9 heteroatoms. The maximum atomic E-state index is 13.1. The Kier molecular flexibility index (Phi) is 7.54. The van der Waals surface area contributed by atoms with E-state index in [1.165, 1.54) is 0 Å². The number of carboxylic acid groups (broad SMARTS) is 1. The van der Waals surface area contributed by atoms with Crippen molar-refractivity contribution in [3.8, 4) is 0 Å². The highest BCUT2D eigenvalue weighted by molar-refractivity contribution is 9.09. The number of alkyl halides is 1. The fraction of sp³-hybridized carbons (Fsp3) is 0.429. The van der Waals surface area contributed by atoms with Crippen molar-refractivity contribution in [2.24, 2.45) is 24.6 Å². The Morgan fingerprint density at radius 2 is 1.80 bits per heavy atom. The molecule has 1 aromatic carbocycles. The number of carbonyl (C=O) groups excluding carboxylic acids is 3. The second-order valence-electron chi connectivity index (χ2n) is 7.59. The fourth-order valence-corrected chi connectivity index (χ4v) is 3.98. The SMILES string of the molecule is Cc1c(C(=O)N[C@H](C(=O)C(C(=O)O)C(N)C(=O)CBr)C(C)C)n(C)c2ccccc12. The summed E-state index contributed by atoms with van der Waals surface area (Å²) in [6, 6.07) is 4.89. The van der Waals surface area contributed by atoms with Gasteiger partial charge in [0.25, 0.3) is 5.91 Å². The number of carbonyl (C=O) groups is 4. The molecule has 1 amide bonds. The van der Waals surface area contributed by atoms with Crippen LogP contribution in [0.2, 0.25) is 0 Å². The molecule has 8 nitrogen and oxygen atoms in total. The molecular formula is C21H26BrN3O5. The van der Waals surface area contributed by atoms with Crippen LogP contribution in [0.4, 0.5) is 0 Å². The molecule has 0 fully saturated rings. The van der Waals surface area contributed by atoms with Crippen molar-refractivity contribution in [1.82, 2.24) is 9.88 Å². The van der Waals surface area contributed by atoms with Crippen LogP contribution >= 0.6 is 15.9 Å². The zero-order valence-corrected chi connectivity index (χ0v) is 18.9. The molecule has 0 saturated carbocycles. The Balaban J connectivity index is 2.40. The number of amides is 1. The van der Waals surface area contributed by atoms with Crippen molar-refractivity contribution in [3.05, 3.63) is 35.5 Å². The molecule has 0 aliphatic rings. The van der Waals surface area contributed by atoms with Crippen LogP contribution in [0.15, 0.2) is 24.3 Å². The van der Waals surface area contributed by atoms with Gasteiger partial charge >= 0.3 is 5.97 Å². The van der Waals surface area contributed by atoms with Crippen molar-refractivity contribution in [3.63, 3.8) is 0 Å². The standard InChI is InChI=1S/C21H26BrN3O5/c1-10(2)17(19(27)15(21(29)30)16(23)14(26)9-22)24-20(28)18-11(3)12-7-5-6-8-13(12)25(18)4/h5-8,10,15-17H,9,23H2,1-4H3,(H,24,28)(H,29,30)/t15?,16?,17-/m0/s1. The zero-order valence-electron chi connectivity index (χ0n) is 17.3. The number of nitrogens with two attached hydrogens (primary N) is 1. The zero-order chi connectivity index (χ0) is 22.7.